The van der Waals surface area contributed by atoms with Crippen molar-refractivity contribution >= 4 is 0 Å². The standard InChI is InChI=1S/C20H22N2O4/c1-24-12-3-4-13-14(7-12)16-17-18(13)26-15-9-19(16,8-11(23)10-22-21)5-6-20(15,17)25-2/h3-4,7,10,15-18H,5-6,8-9H2,1-2H3/p+1/b11-10-/t15-,16-,17-,18-,19+,20-/m1/s1. The molecule has 1 saturated heterocycles. The fourth-order valence-corrected chi connectivity index (χ4v) is 6.54. The summed E-state index contributed by atoms with van der Waals surface area (Å²) in [6, 6.07) is 6.24. The van der Waals surface area contributed by atoms with Gasteiger partial charge in [-0.3, -0.25) is 0 Å². The number of diazo groups is 1. The summed E-state index contributed by atoms with van der Waals surface area (Å²) in [5.41, 5.74) is 2.12. The Bertz CT molecular complexity index is 847. The first kappa shape index (κ1) is 16.1. The van der Waals surface area contributed by atoms with Gasteiger partial charge in [-0.1, -0.05) is 6.07 Å². The molecule has 4 aliphatic carbocycles. The van der Waals surface area contributed by atoms with Gasteiger partial charge < -0.3 is 19.3 Å². The molecule has 0 unspecified atom stereocenters. The Labute approximate surface area is 152 Å². The largest absolute Gasteiger partial charge is 0.505 e. The molecule has 1 aromatic carbocycles. The van der Waals surface area contributed by atoms with Gasteiger partial charge in [-0.2, -0.15) is 0 Å². The van der Waals surface area contributed by atoms with Gasteiger partial charge in [0, 0.05) is 19.4 Å². The average molecular weight is 355 g/mol. The van der Waals surface area contributed by atoms with Crippen LogP contribution in [0.5, 0.6) is 5.75 Å². The molecule has 1 aromatic rings. The molecule has 26 heavy (non-hydrogen) atoms. The molecule has 0 aromatic heterocycles. The lowest BCUT2D eigenvalue weighted by Gasteiger charge is -2.59. The SMILES string of the molecule is COc1ccc2c(c1)[C@@H]1[C@@H]3[C@@H]2O[C@@H]2C[C@@]1(C/C(O)=C/[N+]#N)CC[C@]32OC. The maximum Gasteiger partial charge on any atom is 0.387 e. The fourth-order valence-electron chi connectivity index (χ4n) is 6.54. The lowest BCUT2D eigenvalue weighted by molar-refractivity contribution is -0.182. The Morgan fingerprint density at radius 2 is 2.23 bits per heavy atom. The summed E-state index contributed by atoms with van der Waals surface area (Å²) in [5, 5.41) is 19.1. The summed E-state index contributed by atoms with van der Waals surface area (Å²) in [4.78, 5) is 3.01. The van der Waals surface area contributed by atoms with Crippen LogP contribution in [0.1, 0.15) is 48.8 Å². The number of allylic oxidation sites excluding steroid dienone is 1. The molecule has 6 atom stereocenters. The van der Waals surface area contributed by atoms with Gasteiger partial charge in [0.25, 0.3) is 0 Å². The zero-order chi connectivity index (χ0) is 18.1. The zero-order valence-electron chi connectivity index (χ0n) is 15.0. The number of hydrogen-bond acceptors (Lipinski definition) is 5. The normalized spacial score (nSPS) is 41.8. The van der Waals surface area contributed by atoms with E-state index in [0.29, 0.717) is 6.42 Å². The molecule has 5 aliphatic rings. The summed E-state index contributed by atoms with van der Waals surface area (Å²) in [6.07, 6.45) is 4.45. The Hall–Kier alpha value is -2.10. The van der Waals surface area contributed by atoms with Gasteiger partial charge in [-0.15, -0.1) is 0 Å². The fraction of sp³-hybridized carbons (Fsp3) is 0.600. The number of methoxy groups -OCH3 is 2. The van der Waals surface area contributed by atoms with Crippen molar-refractivity contribution < 1.29 is 19.3 Å². The molecule has 1 N–H and O–H groups in total. The van der Waals surface area contributed by atoms with Crippen molar-refractivity contribution in [2.24, 2.45) is 11.3 Å². The first-order chi connectivity index (χ1) is 12.6. The summed E-state index contributed by atoms with van der Waals surface area (Å²) < 4.78 is 18.1. The van der Waals surface area contributed by atoms with Gasteiger partial charge in [0.2, 0.25) is 5.39 Å². The van der Waals surface area contributed by atoms with E-state index in [1.807, 2.05) is 6.07 Å². The molecule has 0 amide bonds. The molecule has 4 bridgehead atoms. The quantitative estimate of drug-likeness (QED) is 0.651. The smallest absolute Gasteiger partial charge is 0.387 e. The van der Waals surface area contributed by atoms with E-state index in [0.717, 1.165) is 31.2 Å². The number of nitrogens with zero attached hydrogens (tertiary/aromatic N) is 2. The third kappa shape index (κ3) is 1.75. The van der Waals surface area contributed by atoms with Crippen molar-refractivity contribution in [3.05, 3.63) is 46.3 Å². The van der Waals surface area contributed by atoms with Crippen molar-refractivity contribution in [1.82, 2.24) is 0 Å². The molecular formula is C20H23N2O4+. The van der Waals surface area contributed by atoms with Crippen molar-refractivity contribution in [3.8, 4) is 5.75 Å². The molecule has 3 saturated carbocycles. The monoisotopic (exact) mass is 355 g/mol. The van der Waals surface area contributed by atoms with E-state index in [2.05, 4.69) is 17.1 Å². The van der Waals surface area contributed by atoms with Crippen LogP contribution in [-0.2, 0) is 9.47 Å². The van der Waals surface area contributed by atoms with Crippen LogP contribution < -0.4 is 4.74 Å². The topological polar surface area (TPSA) is 76.1 Å². The molecule has 0 radical (unpaired) electrons. The van der Waals surface area contributed by atoms with Gasteiger partial charge in [0.05, 0.1) is 19.3 Å². The Kier molecular flexibility index (Phi) is 3.23. The second-order valence-corrected chi connectivity index (χ2v) is 8.18. The highest BCUT2D eigenvalue weighted by molar-refractivity contribution is 5.50. The van der Waals surface area contributed by atoms with Crippen LogP contribution >= 0.6 is 0 Å². The highest BCUT2D eigenvalue weighted by Gasteiger charge is 2.74. The molecule has 6 nitrogen and oxygen atoms in total. The Morgan fingerprint density at radius 3 is 2.96 bits per heavy atom. The molecule has 136 valence electrons. The number of hydrogen-bond donors (Lipinski definition) is 1. The number of benzene rings is 1. The minimum Gasteiger partial charge on any atom is -0.505 e. The first-order valence-electron chi connectivity index (χ1n) is 9.19. The number of aliphatic hydroxyl groups is 1. The molecule has 6 heteroatoms. The van der Waals surface area contributed by atoms with Crippen LogP contribution in [0.15, 0.2) is 30.2 Å². The number of fused-ring (bicyclic) bond motifs is 3. The molecule has 0 spiro atoms. The van der Waals surface area contributed by atoms with E-state index in [1.165, 1.54) is 11.1 Å². The van der Waals surface area contributed by atoms with Crippen molar-refractivity contribution in [2.75, 3.05) is 14.2 Å². The van der Waals surface area contributed by atoms with Crippen molar-refractivity contribution in [3.63, 3.8) is 0 Å². The maximum absolute atomic E-state index is 10.3. The number of rotatable bonds is 4. The third-order valence-electron chi connectivity index (χ3n) is 7.43. The highest BCUT2D eigenvalue weighted by atomic mass is 16.6. The summed E-state index contributed by atoms with van der Waals surface area (Å²) in [5.74, 6) is 1.44. The van der Waals surface area contributed by atoms with Crippen LogP contribution in [0.2, 0.25) is 0 Å². The predicted molar refractivity (Wildman–Crippen MR) is 93.3 cm³/mol. The lowest BCUT2D eigenvalue weighted by atomic mass is 9.47. The number of ether oxygens (including phenoxy) is 3. The average Bonchev–Trinajstić information content (AvgIpc) is 3.10. The van der Waals surface area contributed by atoms with Crippen LogP contribution in [0, 0.1) is 16.7 Å². The second kappa shape index (κ2) is 5.21. The van der Waals surface area contributed by atoms with E-state index >= 15 is 0 Å². The molecule has 1 aliphatic heterocycles. The molecular weight excluding hydrogens is 332 g/mol. The van der Waals surface area contributed by atoms with E-state index in [4.69, 9.17) is 19.6 Å². The Morgan fingerprint density at radius 1 is 1.38 bits per heavy atom. The van der Waals surface area contributed by atoms with Gasteiger partial charge in [0.15, 0.2) is 10.7 Å². The molecule has 6 rings (SSSR count). The summed E-state index contributed by atoms with van der Waals surface area (Å²) in [6.45, 7) is 0. The summed E-state index contributed by atoms with van der Waals surface area (Å²) >= 11 is 0. The van der Waals surface area contributed by atoms with Gasteiger partial charge in [0.1, 0.15) is 11.4 Å². The van der Waals surface area contributed by atoms with Gasteiger partial charge in [-0.05, 0) is 53.9 Å². The maximum atomic E-state index is 10.3. The third-order valence-corrected chi connectivity index (χ3v) is 7.43. The van der Waals surface area contributed by atoms with Crippen LogP contribution in [0.4, 0.5) is 0 Å². The van der Waals surface area contributed by atoms with Crippen LogP contribution in [0.3, 0.4) is 0 Å². The molecule has 1 heterocycles. The van der Waals surface area contributed by atoms with Gasteiger partial charge >= 0.3 is 6.20 Å². The summed E-state index contributed by atoms with van der Waals surface area (Å²) in [7, 11) is 3.49. The lowest BCUT2D eigenvalue weighted by Crippen LogP contribution is -2.61. The van der Waals surface area contributed by atoms with Crippen molar-refractivity contribution in [2.45, 2.75) is 49.4 Å². The number of aliphatic hydroxyl groups excluding tert-OH is 1. The van der Waals surface area contributed by atoms with Gasteiger partial charge in [-0.25, -0.2) is 0 Å². The highest BCUT2D eigenvalue weighted by Crippen LogP contribution is 2.75. The predicted octanol–water partition coefficient (Wildman–Crippen LogP) is 4.06. The van der Waals surface area contributed by atoms with Crippen LogP contribution in [-0.4, -0.2) is 31.0 Å². The minimum atomic E-state index is -0.246. The van der Waals surface area contributed by atoms with E-state index in [1.54, 1.807) is 14.2 Å². The Balaban J connectivity index is 1.68. The molecule has 4 fully saturated rings. The van der Waals surface area contributed by atoms with Crippen LogP contribution in [0.25, 0.3) is 4.98 Å². The minimum absolute atomic E-state index is 0.0432. The van der Waals surface area contributed by atoms with Crippen molar-refractivity contribution in [1.29, 1.82) is 5.39 Å². The van der Waals surface area contributed by atoms with E-state index < -0.39 is 0 Å². The second-order valence-electron chi connectivity index (χ2n) is 8.18. The van der Waals surface area contributed by atoms with E-state index in [-0.39, 0.29) is 40.8 Å². The first-order valence-corrected chi connectivity index (χ1v) is 9.19. The zero-order valence-corrected chi connectivity index (χ0v) is 15.0. The van der Waals surface area contributed by atoms with E-state index in [9.17, 15) is 5.11 Å².